The van der Waals surface area contributed by atoms with Gasteiger partial charge in [0.2, 0.25) is 5.82 Å². The molecule has 1 unspecified atom stereocenters. The van der Waals surface area contributed by atoms with Gasteiger partial charge in [0, 0.05) is 25.7 Å². The van der Waals surface area contributed by atoms with Gasteiger partial charge in [-0.05, 0) is 18.8 Å². The van der Waals surface area contributed by atoms with E-state index < -0.39 is 12.0 Å². The fourth-order valence-corrected chi connectivity index (χ4v) is 2.21. The molecule has 2 rings (SSSR count). The number of rotatable bonds is 4. The Morgan fingerprint density at radius 3 is 2.70 bits per heavy atom. The first-order chi connectivity index (χ1) is 9.40. The smallest absolute Gasteiger partial charge is 0.370 e. The third-order valence-corrected chi connectivity index (χ3v) is 3.27. The van der Waals surface area contributed by atoms with Crippen LogP contribution in [0.3, 0.4) is 0 Å². The van der Waals surface area contributed by atoms with E-state index in [2.05, 4.69) is 22.2 Å². The fourth-order valence-electron chi connectivity index (χ4n) is 2.21. The predicted molar refractivity (Wildman–Crippen MR) is 71.8 cm³/mol. The summed E-state index contributed by atoms with van der Waals surface area (Å²) in [7, 11) is 0. The van der Waals surface area contributed by atoms with Crippen molar-refractivity contribution in [1.29, 1.82) is 0 Å². The second-order valence-electron chi connectivity index (χ2n) is 5.20. The van der Waals surface area contributed by atoms with Crippen molar-refractivity contribution < 1.29 is 13.2 Å². The molecule has 112 valence electrons. The van der Waals surface area contributed by atoms with Crippen LogP contribution < -0.4 is 10.2 Å². The molecule has 1 saturated heterocycles. The van der Waals surface area contributed by atoms with Gasteiger partial charge in [0.05, 0.1) is 0 Å². The van der Waals surface area contributed by atoms with Crippen LogP contribution in [0.4, 0.5) is 24.8 Å². The molecule has 1 N–H and O–H groups in total. The van der Waals surface area contributed by atoms with Crippen LogP contribution in [0.2, 0.25) is 0 Å². The molecule has 2 heterocycles. The summed E-state index contributed by atoms with van der Waals surface area (Å²) >= 11 is 0. The second-order valence-corrected chi connectivity index (χ2v) is 5.20. The lowest BCUT2D eigenvalue weighted by Crippen LogP contribution is -2.23. The number of nitrogens with one attached hydrogen (secondary N) is 1. The lowest BCUT2D eigenvalue weighted by Gasteiger charge is -2.19. The third kappa shape index (κ3) is 3.52. The number of aromatic nitrogens is 2. The number of halogens is 3. The van der Waals surface area contributed by atoms with Crippen molar-refractivity contribution in [3.05, 3.63) is 11.9 Å². The normalized spacial score (nSPS) is 19.4. The van der Waals surface area contributed by atoms with E-state index in [0.717, 1.165) is 25.9 Å². The van der Waals surface area contributed by atoms with Crippen molar-refractivity contribution in [3.63, 3.8) is 0 Å². The Kier molecular flexibility index (Phi) is 4.35. The minimum Gasteiger partial charge on any atom is -0.370 e. The number of nitrogens with zero attached hydrogens (tertiary/aromatic N) is 3. The van der Waals surface area contributed by atoms with Gasteiger partial charge in [0.25, 0.3) is 0 Å². The van der Waals surface area contributed by atoms with Crippen molar-refractivity contribution in [2.75, 3.05) is 29.9 Å². The molecular weight excluding hydrogens is 269 g/mol. The Morgan fingerprint density at radius 2 is 2.15 bits per heavy atom. The van der Waals surface area contributed by atoms with Crippen LogP contribution in [0.1, 0.15) is 32.5 Å². The standard InChI is InChI=1S/C13H19F3N4/c1-3-5-17-10-7-11(20-6-4-9(2)8-20)19-12(18-10)13(14,15)16/h7,9H,3-6,8H2,1-2H3,(H,17,18,19). The molecule has 20 heavy (non-hydrogen) atoms. The van der Waals surface area contributed by atoms with Crippen LogP contribution in [0, 0.1) is 5.92 Å². The van der Waals surface area contributed by atoms with Crippen molar-refractivity contribution in [3.8, 4) is 0 Å². The minimum absolute atomic E-state index is 0.240. The maximum Gasteiger partial charge on any atom is 0.451 e. The van der Waals surface area contributed by atoms with Gasteiger partial charge in [0.15, 0.2) is 0 Å². The van der Waals surface area contributed by atoms with Crippen molar-refractivity contribution in [2.45, 2.75) is 32.9 Å². The molecule has 1 fully saturated rings. The topological polar surface area (TPSA) is 41.0 Å². The summed E-state index contributed by atoms with van der Waals surface area (Å²) in [5.41, 5.74) is 0. The predicted octanol–water partition coefficient (Wildman–Crippen LogP) is 3.16. The van der Waals surface area contributed by atoms with Gasteiger partial charge in [-0.25, -0.2) is 9.97 Å². The number of anilines is 2. The van der Waals surface area contributed by atoms with Crippen LogP contribution in [0.5, 0.6) is 0 Å². The van der Waals surface area contributed by atoms with E-state index in [1.54, 1.807) is 6.07 Å². The van der Waals surface area contributed by atoms with Gasteiger partial charge < -0.3 is 10.2 Å². The Labute approximate surface area is 116 Å². The summed E-state index contributed by atoms with van der Waals surface area (Å²) in [4.78, 5) is 9.13. The summed E-state index contributed by atoms with van der Waals surface area (Å²) in [5.74, 6) is -0.00137. The highest BCUT2D eigenvalue weighted by atomic mass is 19.4. The Morgan fingerprint density at radius 1 is 1.40 bits per heavy atom. The SMILES string of the molecule is CCCNc1cc(N2CCC(C)C2)nc(C(F)(F)F)n1. The summed E-state index contributed by atoms with van der Waals surface area (Å²) in [6.45, 7) is 6.10. The van der Waals surface area contributed by atoms with Crippen LogP contribution >= 0.6 is 0 Å². The molecule has 1 aromatic rings. The Bertz CT molecular complexity index is 461. The molecule has 0 saturated carbocycles. The molecule has 4 nitrogen and oxygen atoms in total. The van der Waals surface area contributed by atoms with E-state index in [0.29, 0.717) is 18.3 Å². The van der Waals surface area contributed by atoms with E-state index in [4.69, 9.17) is 0 Å². The summed E-state index contributed by atoms with van der Waals surface area (Å²) in [6, 6.07) is 1.60. The largest absolute Gasteiger partial charge is 0.451 e. The first-order valence-corrected chi connectivity index (χ1v) is 6.85. The number of hydrogen-bond acceptors (Lipinski definition) is 4. The summed E-state index contributed by atoms with van der Waals surface area (Å²) in [5, 5.41) is 2.90. The second kappa shape index (κ2) is 5.85. The molecular formula is C13H19F3N4. The van der Waals surface area contributed by atoms with Crippen molar-refractivity contribution in [1.82, 2.24) is 9.97 Å². The van der Waals surface area contributed by atoms with E-state index >= 15 is 0 Å². The van der Waals surface area contributed by atoms with Crippen LogP contribution in [0.25, 0.3) is 0 Å². The molecule has 1 aliphatic rings. The molecule has 1 aliphatic heterocycles. The highest BCUT2D eigenvalue weighted by Gasteiger charge is 2.36. The zero-order valence-electron chi connectivity index (χ0n) is 11.7. The molecule has 0 spiro atoms. The van der Waals surface area contributed by atoms with Gasteiger partial charge in [-0.2, -0.15) is 13.2 Å². The average molecular weight is 288 g/mol. The van der Waals surface area contributed by atoms with Gasteiger partial charge in [-0.3, -0.25) is 0 Å². The lowest BCUT2D eigenvalue weighted by atomic mass is 10.2. The first-order valence-electron chi connectivity index (χ1n) is 6.85. The highest BCUT2D eigenvalue weighted by Crippen LogP contribution is 2.30. The number of hydrogen-bond donors (Lipinski definition) is 1. The Hall–Kier alpha value is -1.53. The summed E-state index contributed by atoms with van der Waals surface area (Å²) < 4.78 is 38.6. The van der Waals surface area contributed by atoms with E-state index in [-0.39, 0.29) is 5.82 Å². The molecule has 1 aromatic heterocycles. The van der Waals surface area contributed by atoms with E-state index in [1.807, 2.05) is 11.8 Å². The monoisotopic (exact) mass is 288 g/mol. The van der Waals surface area contributed by atoms with Gasteiger partial charge in [0.1, 0.15) is 11.6 Å². The molecule has 0 bridgehead atoms. The highest BCUT2D eigenvalue weighted by molar-refractivity contribution is 5.50. The molecule has 0 radical (unpaired) electrons. The minimum atomic E-state index is -4.52. The molecule has 0 amide bonds. The first kappa shape index (κ1) is 14.9. The quantitative estimate of drug-likeness (QED) is 0.924. The zero-order valence-corrected chi connectivity index (χ0v) is 11.7. The molecule has 0 aromatic carbocycles. The average Bonchev–Trinajstić information content (AvgIpc) is 2.82. The fraction of sp³-hybridized carbons (Fsp3) is 0.692. The van der Waals surface area contributed by atoms with Crippen LogP contribution in [0.15, 0.2) is 6.07 Å². The Balaban J connectivity index is 2.30. The van der Waals surface area contributed by atoms with Crippen LogP contribution in [-0.2, 0) is 6.18 Å². The van der Waals surface area contributed by atoms with E-state index in [9.17, 15) is 13.2 Å². The maximum atomic E-state index is 12.9. The van der Waals surface area contributed by atoms with Gasteiger partial charge >= 0.3 is 6.18 Å². The summed E-state index contributed by atoms with van der Waals surface area (Å²) in [6.07, 6.45) is -2.73. The third-order valence-electron chi connectivity index (χ3n) is 3.27. The van der Waals surface area contributed by atoms with Crippen LogP contribution in [-0.4, -0.2) is 29.6 Å². The zero-order chi connectivity index (χ0) is 14.8. The molecule has 1 atom stereocenters. The van der Waals surface area contributed by atoms with Gasteiger partial charge in [-0.15, -0.1) is 0 Å². The molecule has 0 aliphatic carbocycles. The van der Waals surface area contributed by atoms with Crippen molar-refractivity contribution in [2.24, 2.45) is 5.92 Å². The van der Waals surface area contributed by atoms with E-state index in [1.165, 1.54) is 0 Å². The molecule has 7 heteroatoms. The lowest BCUT2D eigenvalue weighted by molar-refractivity contribution is -0.144. The van der Waals surface area contributed by atoms with Crippen molar-refractivity contribution >= 4 is 11.6 Å². The maximum absolute atomic E-state index is 12.9. The van der Waals surface area contributed by atoms with Gasteiger partial charge in [-0.1, -0.05) is 13.8 Å². The number of alkyl halides is 3.